The minimum Gasteiger partial charge on any atom is -0.360 e. The molecule has 0 aliphatic heterocycles. The Balaban J connectivity index is 2.61. The minimum atomic E-state index is 0.0546. The van der Waals surface area contributed by atoms with Gasteiger partial charge in [0.1, 0.15) is 11.3 Å². The van der Waals surface area contributed by atoms with Gasteiger partial charge in [-0.3, -0.25) is 0 Å². The predicted octanol–water partition coefficient (Wildman–Crippen LogP) is 2.41. The average Bonchev–Trinajstić information content (AvgIpc) is 2.59. The van der Waals surface area contributed by atoms with Gasteiger partial charge in [-0.2, -0.15) is 0 Å². The Morgan fingerprint density at radius 2 is 2.29 bits per heavy atom. The molecule has 0 fully saturated rings. The van der Waals surface area contributed by atoms with Gasteiger partial charge in [-0.15, -0.1) is 0 Å². The van der Waals surface area contributed by atoms with E-state index in [2.05, 4.69) is 18.1 Å². The highest BCUT2D eigenvalue weighted by molar-refractivity contribution is 5.81. The van der Waals surface area contributed by atoms with E-state index in [1.165, 1.54) is 0 Å². The van der Waals surface area contributed by atoms with Gasteiger partial charge in [-0.1, -0.05) is 18.1 Å². The monoisotopic (exact) mass is 190 g/mol. The maximum atomic E-state index is 5.81. The van der Waals surface area contributed by atoms with Crippen LogP contribution in [0.4, 0.5) is 0 Å². The molecule has 3 nitrogen and oxygen atoms in total. The summed E-state index contributed by atoms with van der Waals surface area (Å²) in [5.41, 5.74) is 7.84. The van der Waals surface area contributed by atoms with Crippen LogP contribution in [0.5, 0.6) is 0 Å². The minimum absolute atomic E-state index is 0.0546. The summed E-state index contributed by atoms with van der Waals surface area (Å²) < 4.78 is 5.21. The lowest BCUT2D eigenvalue weighted by molar-refractivity contribution is 0.395. The predicted molar refractivity (Wildman–Crippen MR) is 56.0 cm³/mol. The van der Waals surface area contributed by atoms with Gasteiger partial charge in [0.2, 0.25) is 0 Å². The summed E-state index contributed by atoms with van der Waals surface area (Å²) in [7, 11) is 0. The van der Waals surface area contributed by atoms with Crippen molar-refractivity contribution in [2.24, 2.45) is 5.73 Å². The Kier molecular flexibility index (Phi) is 2.25. The standard InChI is InChI=1S/C11H14N2O/c1-3-11-9-6-8(7(2)12)4-5-10(9)13-14-11/h4-7H,3,12H2,1-2H3. The summed E-state index contributed by atoms with van der Waals surface area (Å²) in [4.78, 5) is 0. The van der Waals surface area contributed by atoms with Crippen molar-refractivity contribution < 1.29 is 4.52 Å². The molecule has 2 rings (SSSR count). The van der Waals surface area contributed by atoms with Gasteiger partial charge in [0.25, 0.3) is 0 Å². The molecule has 0 aliphatic rings. The van der Waals surface area contributed by atoms with Crippen molar-refractivity contribution in [3.8, 4) is 0 Å². The SMILES string of the molecule is CCc1onc2ccc(C(C)N)cc12. The molecule has 0 spiro atoms. The zero-order valence-corrected chi connectivity index (χ0v) is 8.45. The first-order chi connectivity index (χ1) is 6.72. The molecule has 2 N–H and O–H groups in total. The van der Waals surface area contributed by atoms with E-state index in [0.717, 1.165) is 28.6 Å². The lowest BCUT2D eigenvalue weighted by atomic mass is 10.1. The zero-order valence-electron chi connectivity index (χ0n) is 8.45. The molecule has 0 saturated heterocycles. The second kappa shape index (κ2) is 3.42. The van der Waals surface area contributed by atoms with E-state index < -0.39 is 0 Å². The molecule has 1 unspecified atom stereocenters. The summed E-state index contributed by atoms with van der Waals surface area (Å²) in [6.07, 6.45) is 0.860. The Bertz CT molecular complexity index is 445. The zero-order chi connectivity index (χ0) is 10.1. The van der Waals surface area contributed by atoms with Crippen LogP contribution in [-0.4, -0.2) is 5.16 Å². The molecule has 1 atom stereocenters. The summed E-state index contributed by atoms with van der Waals surface area (Å²) in [5, 5.41) is 5.06. The molecular weight excluding hydrogens is 176 g/mol. The van der Waals surface area contributed by atoms with Crippen molar-refractivity contribution in [1.82, 2.24) is 5.16 Å². The van der Waals surface area contributed by atoms with Gasteiger partial charge >= 0.3 is 0 Å². The number of aryl methyl sites for hydroxylation is 1. The molecule has 0 aliphatic carbocycles. The van der Waals surface area contributed by atoms with Crippen LogP contribution in [0, 0.1) is 0 Å². The molecule has 14 heavy (non-hydrogen) atoms. The van der Waals surface area contributed by atoms with Crippen molar-refractivity contribution in [2.45, 2.75) is 26.3 Å². The molecule has 1 aromatic heterocycles. The lowest BCUT2D eigenvalue weighted by Gasteiger charge is -2.04. The molecule has 1 heterocycles. The van der Waals surface area contributed by atoms with E-state index in [0.29, 0.717) is 0 Å². The first-order valence-corrected chi connectivity index (χ1v) is 4.86. The van der Waals surface area contributed by atoms with Gasteiger partial charge in [0.15, 0.2) is 0 Å². The number of aromatic nitrogens is 1. The van der Waals surface area contributed by atoms with Crippen LogP contribution in [0.25, 0.3) is 10.9 Å². The van der Waals surface area contributed by atoms with Crippen LogP contribution < -0.4 is 5.73 Å². The molecular formula is C11H14N2O. The topological polar surface area (TPSA) is 52.0 Å². The highest BCUT2D eigenvalue weighted by Crippen LogP contribution is 2.22. The van der Waals surface area contributed by atoms with E-state index in [1.54, 1.807) is 0 Å². The first-order valence-electron chi connectivity index (χ1n) is 4.86. The Labute approximate surface area is 82.9 Å². The summed E-state index contributed by atoms with van der Waals surface area (Å²) >= 11 is 0. The summed E-state index contributed by atoms with van der Waals surface area (Å²) in [6.45, 7) is 4.03. The quantitative estimate of drug-likeness (QED) is 0.791. The molecule has 3 heteroatoms. The van der Waals surface area contributed by atoms with Crippen LogP contribution in [0.15, 0.2) is 22.7 Å². The number of fused-ring (bicyclic) bond motifs is 1. The number of hydrogen-bond donors (Lipinski definition) is 1. The van der Waals surface area contributed by atoms with E-state index in [-0.39, 0.29) is 6.04 Å². The van der Waals surface area contributed by atoms with Gasteiger partial charge in [-0.25, -0.2) is 0 Å². The molecule has 74 valence electrons. The Morgan fingerprint density at radius 3 is 2.93 bits per heavy atom. The fourth-order valence-electron chi connectivity index (χ4n) is 1.55. The second-order valence-corrected chi connectivity index (χ2v) is 3.52. The van der Waals surface area contributed by atoms with Gasteiger partial charge in [-0.05, 0) is 24.6 Å². The normalized spacial score (nSPS) is 13.4. The Morgan fingerprint density at radius 1 is 1.50 bits per heavy atom. The van der Waals surface area contributed by atoms with Gasteiger partial charge in [0, 0.05) is 17.8 Å². The van der Waals surface area contributed by atoms with Gasteiger partial charge < -0.3 is 10.3 Å². The van der Waals surface area contributed by atoms with Crippen molar-refractivity contribution in [2.75, 3.05) is 0 Å². The second-order valence-electron chi connectivity index (χ2n) is 3.52. The van der Waals surface area contributed by atoms with Crippen LogP contribution >= 0.6 is 0 Å². The molecule has 0 radical (unpaired) electrons. The molecule has 0 amide bonds. The fourth-order valence-corrected chi connectivity index (χ4v) is 1.55. The maximum Gasteiger partial charge on any atom is 0.144 e. The van der Waals surface area contributed by atoms with E-state index >= 15 is 0 Å². The third kappa shape index (κ3) is 1.40. The number of benzene rings is 1. The van der Waals surface area contributed by atoms with Crippen LogP contribution in [0.1, 0.15) is 31.2 Å². The number of nitrogens with zero attached hydrogens (tertiary/aromatic N) is 1. The van der Waals surface area contributed by atoms with Crippen molar-refractivity contribution in [1.29, 1.82) is 0 Å². The first kappa shape index (κ1) is 9.21. The van der Waals surface area contributed by atoms with Crippen LogP contribution in [0.2, 0.25) is 0 Å². The van der Waals surface area contributed by atoms with Crippen LogP contribution in [-0.2, 0) is 6.42 Å². The maximum absolute atomic E-state index is 5.81. The molecule has 0 saturated carbocycles. The smallest absolute Gasteiger partial charge is 0.144 e. The van der Waals surface area contributed by atoms with Crippen LogP contribution in [0.3, 0.4) is 0 Å². The molecule has 2 aromatic rings. The fraction of sp³-hybridized carbons (Fsp3) is 0.364. The van der Waals surface area contributed by atoms with E-state index in [4.69, 9.17) is 10.3 Å². The lowest BCUT2D eigenvalue weighted by Crippen LogP contribution is -2.04. The molecule has 1 aromatic carbocycles. The van der Waals surface area contributed by atoms with E-state index in [1.807, 2.05) is 19.1 Å². The average molecular weight is 190 g/mol. The largest absolute Gasteiger partial charge is 0.360 e. The number of rotatable bonds is 2. The Hall–Kier alpha value is -1.35. The van der Waals surface area contributed by atoms with Crippen molar-refractivity contribution in [3.63, 3.8) is 0 Å². The summed E-state index contributed by atoms with van der Waals surface area (Å²) in [6, 6.07) is 6.07. The highest BCUT2D eigenvalue weighted by Gasteiger charge is 2.08. The highest BCUT2D eigenvalue weighted by atomic mass is 16.5. The van der Waals surface area contributed by atoms with Crippen molar-refractivity contribution >= 4 is 10.9 Å². The molecule has 0 bridgehead atoms. The number of nitrogens with two attached hydrogens (primary N) is 1. The third-order valence-corrected chi connectivity index (χ3v) is 2.42. The van der Waals surface area contributed by atoms with Gasteiger partial charge in [0.05, 0.1) is 0 Å². The number of hydrogen-bond acceptors (Lipinski definition) is 3. The third-order valence-electron chi connectivity index (χ3n) is 2.42. The van der Waals surface area contributed by atoms with E-state index in [9.17, 15) is 0 Å². The summed E-state index contributed by atoms with van der Waals surface area (Å²) in [5.74, 6) is 0.933. The van der Waals surface area contributed by atoms with Crippen molar-refractivity contribution in [3.05, 3.63) is 29.5 Å².